The molecular formula is C43H68FNO11. The van der Waals surface area contributed by atoms with Gasteiger partial charge in [-0.05, 0) is 107 Å². The van der Waals surface area contributed by atoms with Crippen LogP contribution in [0.4, 0.5) is 4.39 Å². The molecule has 0 aromatic carbocycles. The number of ether oxygens (including phenoxy) is 5. The number of nitrogens with zero attached hydrogens (tertiary/aromatic N) is 1. The second-order valence-electron chi connectivity index (χ2n) is 17.0. The Labute approximate surface area is 332 Å². The lowest BCUT2D eigenvalue weighted by Crippen LogP contribution is -2.64. The van der Waals surface area contributed by atoms with Gasteiger partial charge in [0, 0.05) is 46.1 Å². The van der Waals surface area contributed by atoms with Crippen LogP contribution in [0, 0.1) is 29.6 Å². The highest BCUT2D eigenvalue weighted by Crippen LogP contribution is 2.39. The number of piperidine rings is 1. The fourth-order valence-electron chi connectivity index (χ4n) is 9.30. The first-order valence-electron chi connectivity index (χ1n) is 20.8. The van der Waals surface area contributed by atoms with Crippen LogP contribution < -0.4 is 0 Å². The number of aliphatic hydroxyl groups is 2. The van der Waals surface area contributed by atoms with Crippen LogP contribution in [-0.2, 0) is 42.9 Å². The van der Waals surface area contributed by atoms with Crippen LogP contribution in [0.1, 0.15) is 112 Å². The predicted molar refractivity (Wildman–Crippen MR) is 207 cm³/mol. The van der Waals surface area contributed by atoms with Gasteiger partial charge in [0.2, 0.25) is 5.79 Å². The Kier molecular flexibility index (Phi) is 16.8. The molecule has 0 spiro atoms. The molecule has 3 heterocycles. The van der Waals surface area contributed by atoms with Gasteiger partial charge in [0.05, 0.1) is 24.4 Å². The summed E-state index contributed by atoms with van der Waals surface area (Å²) in [6, 6.07) is -1.09. The third-order valence-electron chi connectivity index (χ3n) is 13.0. The normalized spacial score (nSPS) is 41.6. The highest BCUT2D eigenvalue weighted by Gasteiger charge is 2.56. The maximum atomic E-state index is 16.2. The van der Waals surface area contributed by atoms with E-state index in [2.05, 4.69) is 6.08 Å². The van der Waals surface area contributed by atoms with Gasteiger partial charge in [0.1, 0.15) is 30.2 Å². The summed E-state index contributed by atoms with van der Waals surface area (Å²) in [7, 11) is 4.49. The number of cyclic esters (lactones) is 1. The lowest BCUT2D eigenvalue weighted by atomic mass is 9.81. The topological polar surface area (TPSA) is 158 Å². The number of alkyl halides is 1. The molecule has 56 heavy (non-hydrogen) atoms. The van der Waals surface area contributed by atoms with E-state index in [0.717, 1.165) is 12.0 Å². The van der Waals surface area contributed by atoms with E-state index >= 15 is 4.39 Å². The number of esters is 1. The number of allylic oxidation sites excluding steroid dienone is 3. The third kappa shape index (κ3) is 10.5. The Balaban J connectivity index is 1.76. The van der Waals surface area contributed by atoms with Crippen molar-refractivity contribution in [2.24, 2.45) is 29.6 Å². The van der Waals surface area contributed by atoms with E-state index in [-0.39, 0.29) is 56.0 Å². The second kappa shape index (κ2) is 20.4. The minimum absolute atomic E-state index is 0.0374. The van der Waals surface area contributed by atoms with Crippen molar-refractivity contribution in [2.75, 3.05) is 27.9 Å². The molecular weight excluding hydrogens is 725 g/mol. The number of fused-ring (bicyclic) bond motifs is 3. The summed E-state index contributed by atoms with van der Waals surface area (Å²) < 4.78 is 45.7. The molecule has 318 valence electrons. The van der Waals surface area contributed by atoms with Gasteiger partial charge in [-0.3, -0.25) is 14.4 Å². The summed E-state index contributed by atoms with van der Waals surface area (Å²) in [5, 5.41) is 22.4. The Morgan fingerprint density at radius 1 is 0.946 bits per heavy atom. The van der Waals surface area contributed by atoms with Crippen LogP contribution in [0.15, 0.2) is 23.3 Å². The molecule has 2 bridgehead atoms. The molecule has 2 saturated heterocycles. The van der Waals surface area contributed by atoms with Crippen molar-refractivity contribution in [2.45, 2.75) is 167 Å². The number of carbonyl (C=O) groups is 4. The van der Waals surface area contributed by atoms with Crippen LogP contribution in [0.5, 0.6) is 0 Å². The summed E-state index contributed by atoms with van der Waals surface area (Å²) in [6.07, 6.45) is 2.80. The minimum atomic E-state index is -2.56. The highest BCUT2D eigenvalue weighted by atomic mass is 19.1. The maximum Gasteiger partial charge on any atom is 0.329 e. The molecule has 1 aliphatic carbocycles. The zero-order valence-electron chi connectivity index (χ0n) is 35.0. The average Bonchev–Trinajstić information content (AvgIpc) is 3.19. The van der Waals surface area contributed by atoms with Crippen LogP contribution in [-0.4, -0.2) is 121 Å². The molecule has 3 aliphatic heterocycles. The van der Waals surface area contributed by atoms with Crippen LogP contribution in [0.25, 0.3) is 0 Å². The van der Waals surface area contributed by atoms with Gasteiger partial charge >= 0.3 is 5.97 Å². The molecule has 14 atom stereocenters. The molecule has 1 amide bonds. The number of ketones is 2. The number of hydrogen-bond acceptors (Lipinski definition) is 11. The fourth-order valence-corrected chi connectivity index (χ4v) is 9.30. The smallest absolute Gasteiger partial charge is 0.329 e. The largest absolute Gasteiger partial charge is 0.456 e. The van der Waals surface area contributed by atoms with Gasteiger partial charge in [0.25, 0.3) is 11.7 Å². The lowest BCUT2D eigenvalue weighted by Gasteiger charge is -2.47. The van der Waals surface area contributed by atoms with Crippen molar-refractivity contribution >= 4 is 23.4 Å². The maximum absolute atomic E-state index is 16.2. The van der Waals surface area contributed by atoms with Crippen LogP contribution in [0.2, 0.25) is 0 Å². The number of amides is 1. The molecule has 2 N–H and O–H groups in total. The van der Waals surface area contributed by atoms with Gasteiger partial charge < -0.3 is 38.8 Å². The molecule has 14 unspecified atom stereocenters. The fraction of sp³-hybridized carbons (Fsp3) is 0.814. The number of hydrogen-bond donors (Lipinski definition) is 2. The zero-order chi connectivity index (χ0) is 41.5. The zero-order valence-corrected chi connectivity index (χ0v) is 35.0. The summed E-state index contributed by atoms with van der Waals surface area (Å²) in [5.41, 5.74) is 1.19. The summed E-state index contributed by atoms with van der Waals surface area (Å²) in [4.78, 5) is 57.5. The summed E-state index contributed by atoms with van der Waals surface area (Å²) in [6.45, 7) is 10.8. The molecule has 0 radical (unpaired) electrons. The first-order valence-corrected chi connectivity index (χ1v) is 20.8. The van der Waals surface area contributed by atoms with Crippen molar-refractivity contribution in [3.05, 3.63) is 23.3 Å². The molecule has 3 fully saturated rings. The second-order valence-corrected chi connectivity index (χ2v) is 17.0. The Morgan fingerprint density at radius 2 is 1.61 bits per heavy atom. The summed E-state index contributed by atoms with van der Waals surface area (Å²) >= 11 is 0. The molecule has 12 nitrogen and oxygen atoms in total. The van der Waals surface area contributed by atoms with Crippen molar-refractivity contribution < 1.29 is 57.5 Å². The monoisotopic (exact) mass is 793 g/mol. The molecule has 13 heteroatoms. The molecule has 1 saturated carbocycles. The quantitative estimate of drug-likeness (QED) is 0.200. The number of methoxy groups -OCH3 is 3. The number of carbonyl (C=O) groups excluding carboxylic acids is 4. The lowest BCUT2D eigenvalue weighted by molar-refractivity contribution is -0.302. The number of rotatable bonds is 6. The van der Waals surface area contributed by atoms with Crippen molar-refractivity contribution in [1.82, 2.24) is 4.90 Å². The van der Waals surface area contributed by atoms with Crippen LogP contribution >= 0.6 is 0 Å². The first-order chi connectivity index (χ1) is 26.5. The van der Waals surface area contributed by atoms with Crippen molar-refractivity contribution in [3.8, 4) is 0 Å². The Hall–Kier alpha value is -2.55. The number of aliphatic hydroxyl groups excluding tert-OH is 1. The first kappa shape index (κ1) is 46.1. The SMILES string of the molecule is CCC1/C=C(\C)C(F)C(C)CC(OC)C2OC(O)(C(=O)C(=O)N3CCCCC3C(=O)OC(C(C)=CC3CCC(O)C(OC)C3)C(C)CCC1=O)C(C)CC2OC. The van der Waals surface area contributed by atoms with E-state index in [0.29, 0.717) is 44.1 Å². The highest BCUT2D eigenvalue weighted by molar-refractivity contribution is 6.39. The third-order valence-corrected chi connectivity index (χ3v) is 13.0. The molecule has 0 aromatic rings. The predicted octanol–water partition coefficient (Wildman–Crippen LogP) is 5.45. The van der Waals surface area contributed by atoms with Gasteiger partial charge in [-0.15, -0.1) is 0 Å². The van der Waals surface area contributed by atoms with E-state index < -0.39 is 83.9 Å². The minimum Gasteiger partial charge on any atom is -0.456 e. The Morgan fingerprint density at radius 3 is 2.25 bits per heavy atom. The van der Waals surface area contributed by atoms with E-state index in [4.69, 9.17) is 23.7 Å². The van der Waals surface area contributed by atoms with Gasteiger partial charge in [0.15, 0.2) is 0 Å². The van der Waals surface area contributed by atoms with Crippen molar-refractivity contribution in [3.63, 3.8) is 0 Å². The van der Waals surface area contributed by atoms with E-state index in [1.807, 2.05) is 20.8 Å². The standard InChI is InChI=1S/C43H68FNO11/c1-10-30-20-25(3)37(44)26(4)21-35(53-8)39-36(54-9)22-28(6)43(51,56-39)40(48)41(49)45-18-12-11-13-31(45)42(50)55-38(24(2)14-16-32(30)46)27(5)19-29-15-17-33(47)34(23-29)52-7/h19-20,24,26,28-31,33-39,47,51H,10-18,21-23H2,1-9H3/b25-20+,27-19?. The molecule has 0 aromatic heterocycles. The van der Waals surface area contributed by atoms with Crippen molar-refractivity contribution in [1.29, 1.82) is 0 Å². The number of halogens is 1. The van der Waals surface area contributed by atoms with Gasteiger partial charge in [-0.2, -0.15) is 0 Å². The van der Waals surface area contributed by atoms with Crippen LogP contribution in [0.3, 0.4) is 0 Å². The molecule has 4 aliphatic rings. The van der Waals surface area contributed by atoms with E-state index in [1.54, 1.807) is 34.0 Å². The van der Waals surface area contributed by atoms with Gasteiger partial charge in [-0.1, -0.05) is 39.8 Å². The average molecular weight is 794 g/mol. The van der Waals surface area contributed by atoms with Gasteiger partial charge in [-0.25, -0.2) is 9.18 Å². The van der Waals surface area contributed by atoms with E-state index in [9.17, 15) is 29.4 Å². The summed E-state index contributed by atoms with van der Waals surface area (Å²) in [5.74, 6) is -7.77. The van der Waals surface area contributed by atoms with E-state index in [1.165, 1.54) is 19.1 Å². The number of Topliss-reactive ketones (excluding diaryl/α,β-unsaturated/α-hetero) is 2. The molecule has 4 rings (SSSR count). The Bertz CT molecular complexity index is 1440.